The maximum absolute atomic E-state index is 12.1. The van der Waals surface area contributed by atoms with Crippen LogP contribution in [-0.2, 0) is 32.7 Å². The Morgan fingerprint density at radius 1 is 0.795 bits per heavy atom. The molecule has 0 aliphatic heterocycles. The zero-order valence-corrected chi connectivity index (χ0v) is 24.6. The Balaban J connectivity index is 4.03. The van der Waals surface area contributed by atoms with Crippen molar-refractivity contribution in [3.05, 3.63) is 12.2 Å². The number of aliphatic hydroxyl groups excluding tert-OH is 1. The van der Waals surface area contributed by atoms with E-state index in [1.807, 2.05) is 0 Å². The van der Waals surface area contributed by atoms with Crippen molar-refractivity contribution >= 4 is 25.7 Å². The van der Waals surface area contributed by atoms with Crippen LogP contribution in [0.2, 0.25) is 0 Å². The molecule has 228 valence electrons. The molecule has 12 heteroatoms. The van der Waals surface area contributed by atoms with Gasteiger partial charge in [-0.2, -0.15) is 0 Å². The van der Waals surface area contributed by atoms with E-state index in [1.165, 1.54) is 32.1 Å². The van der Waals surface area contributed by atoms with Gasteiger partial charge in [-0.1, -0.05) is 70.9 Å². The maximum atomic E-state index is 12.1. The molecule has 0 aromatic heterocycles. The molecule has 1 amide bonds. The molecule has 11 nitrogen and oxygen atoms in total. The smallest absolute Gasteiger partial charge is 0.472 e. The SMILES string of the molecule is CCCCCCC/C=C\CCCCCCCC(=O)NC(COP(=O)(O)OCC(O)COC(=O)CCC)C(=O)O. The van der Waals surface area contributed by atoms with Gasteiger partial charge in [0.25, 0.3) is 0 Å². The molecular formula is C27H50NO10P. The number of unbranched alkanes of at least 4 members (excludes halogenated alkanes) is 10. The molecule has 0 bridgehead atoms. The van der Waals surface area contributed by atoms with Gasteiger partial charge in [0.15, 0.2) is 6.04 Å². The van der Waals surface area contributed by atoms with E-state index in [2.05, 4.69) is 33.4 Å². The summed E-state index contributed by atoms with van der Waals surface area (Å²) in [4.78, 5) is 44.5. The van der Waals surface area contributed by atoms with Gasteiger partial charge in [0, 0.05) is 12.8 Å². The van der Waals surface area contributed by atoms with E-state index in [-0.39, 0.29) is 12.8 Å². The highest BCUT2D eigenvalue weighted by atomic mass is 31.2. The fraction of sp³-hybridized carbons (Fsp3) is 0.815. The lowest BCUT2D eigenvalue weighted by atomic mass is 10.1. The van der Waals surface area contributed by atoms with Crippen molar-refractivity contribution in [2.75, 3.05) is 19.8 Å². The third-order valence-electron chi connectivity index (χ3n) is 5.77. The van der Waals surface area contributed by atoms with E-state index in [9.17, 15) is 34.1 Å². The molecule has 0 aromatic carbocycles. The predicted molar refractivity (Wildman–Crippen MR) is 148 cm³/mol. The van der Waals surface area contributed by atoms with E-state index < -0.39 is 57.6 Å². The summed E-state index contributed by atoms with van der Waals surface area (Å²) < 4.78 is 26.0. The van der Waals surface area contributed by atoms with Crippen LogP contribution < -0.4 is 5.32 Å². The molecule has 3 atom stereocenters. The predicted octanol–water partition coefficient (Wildman–Crippen LogP) is 5.04. The van der Waals surface area contributed by atoms with E-state index in [0.717, 1.165) is 38.5 Å². The molecule has 0 rings (SSSR count). The van der Waals surface area contributed by atoms with Gasteiger partial charge in [-0.3, -0.25) is 18.6 Å². The Labute approximate surface area is 233 Å². The fourth-order valence-electron chi connectivity index (χ4n) is 3.52. The van der Waals surface area contributed by atoms with E-state index in [0.29, 0.717) is 12.8 Å². The van der Waals surface area contributed by atoms with Crippen LogP contribution in [0.3, 0.4) is 0 Å². The molecule has 0 aromatic rings. The fourth-order valence-corrected chi connectivity index (χ4v) is 4.29. The van der Waals surface area contributed by atoms with Crippen LogP contribution in [0.25, 0.3) is 0 Å². The van der Waals surface area contributed by atoms with Gasteiger partial charge in [-0.25, -0.2) is 9.36 Å². The standard InChI is InChI=1S/C27H50NO10P/c1-3-5-6-7-8-9-10-11-12-13-14-15-16-17-19-25(30)28-24(27(32)33)22-38-39(34,35)37-21-23(29)20-36-26(31)18-4-2/h10-11,23-24,29H,3-9,12-22H2,1-2H3,(H,28,30)(H,32,33)(H,34,35)/b11-10-. The molecule has 0 aliphatic carbocycles. The van der Waals surface area contributed by atoms with Crippen molar-refractivity contribution in [2.24, 2.45) is 0 Å². The molecule has 0 saturated carbocycles. The van der Waals surface area contributed by atoms with Gasteiger partial charge in [-0.15, -0.1) is 0 Å². The number of ether oxygens (including phenoxy) is 1. The minimum atomic E-state index is -4.72. The number of hydrogen-bond donors (Lipinski definition) is 4. The average Bonchev–Trinajstić information content (AvgIpc) is 2.89. The van der Waals surface area contributed by atoms with Gasteiger partial charge in [0.2, 0.25) is 5.91 Å². The summed E-state index contributed by atoms with van der Waals surface area (Å²) in [6.07, 6.45) is 17.3. The minimum absolute atomic E-state index is 0.137. The molecule has 0 aliphatic rings. The normalized spacial score (nSPS) is 14.6. The monoisotopic (exact) mass is 579 g/mol. The largest absolute Gasteiger partial charge is 0.480 e. The van der Waals surface area contributed by atoms with Gasteiger partial charge in [0.05, 0.1) is 13.2 Å². The summed E-state index contributed by atoms with van der Waals surface area (Å²) in [6.45, 7) is 2.09. The Bertz CT molecular complexity index is 746. The zero-order valence-electron chi connectivity index (χ0n) is 23.7. The molecule has 0 spiro atoms. The number of amides is 1. The van der Waals surface area contributed by atoms with E-state index in [4.69, 9.17) is 4.74 Å². The quantitative estimate of drug-likeness (QED) is 0.0471. The van der Waals surface area contributed by atoms with Crippen molar-refractivity contribution < 1.29 is 47.8 Å². The number of carboxylic acid groups (broad SMARTS) is 1. The van der Waals surface area contributed by atoms with Gasteiger partial charge in [0.1, 0.15) is 12.7 Å². The first kappa shape index (κ1) is 37.2. The first-order valence-corrected chi connectivity index (χ1v) is 15.7. The summed E-state index contributed by atoms with van der Waals surface area (Å²) in [7, 11) is -4.72. The van der Waals surface area contributed by atoms with Gasteiger partial charge in [-0.05, 0) is 38.5 Å². The maximum Gasteiger partial charge on any atom is 0.472 e. The third-order valence-corrected chi connectivity index (χ3v) is 6.72. The molecule has 39 heavy (non-hydrogen) atoms. The molecule has 0 fully saturated rings. The molecular weight excluding hydrogens is 529 g/mol. The summed E-state index contributed by atoms with van der Waals surface area (Å²) in [5.41, 5.74) is 0. The van der Waals surface area contributed by atoms with Gasteiger partial charge >= 0.3 is 19.8 Å². The number of esters is 1. The van der Waals surface area contributed by atoms with E-state index in [1.54, 1.807) is 6.92 Å². The lowest BCUT2D eigenvalue weighted by molar-refractivity contribution is -0.147. The Kier molecular flexibility index (Phi) is 23.0. The second-order valence-corrected chi connectivity index (χ2v) is 11.0. The minimum Gasteiger partial charge on any atom is -0.480 e. The van der Waals surface area contributed by atoms with Crippen LogP contribution in [0.15, 0.2) is 12.2 Å². The highest BCUT2D eigenvalue weighted by Gasteiger charge is 2.28. The lowest BCUT2D eigenvalue weighted by Gasteiger charge is -2.18. The number of carbonyl (C=O) groups is 3. The first-order chi connectivity index (χ1) is 18.6. The second kappa shape index (κ2) is 24.1. The number of aliphatic hydroxyl groups is 1. The van der Waals surface area contributed by atoms with Crippen LogP contribution in [-0.4, -0.2) is 64.9 Å². The number of phosphoric ester groups is 1. The molecule has 0 saturated heterocycles. The van der Waals surface area contributed by atoms with E-state index >= 15 is 0 Å². The molecule has 3 unspecified atom stereocenters. The number of nitrogens with one attached hydrogen (secondary N) is 1. The summed E-state index contributed by atoms with van der Waals surface area (Å²) in [5.74, 6) is -2.45. The topological polar surface area (TPSA) is 169 Å². The highest BCUT2D eigenvalue weighted by Crippen LogP contribution is 2.43. The average molecular weight is 580 g/mol. The molecule has 4 N–H and O–H groups in total. The first-order valence-electron chi connectivity index (χ1n) is 14.2. The summed E-state index contributed by atoms with van der Waals surface area (Å²) in [5, 5.41) is 21.3. The van der Waals surface area contributed by atoms with Gasteiger partial charge < -0.3 is 25.2 Å². The molecule has 0 heterocycles. The number of carboxylic acids is 1. The van der Waals surface area contributed by atoms with Crippen molar-refractivity contribution in [1.82, 2.24) is 5.32 Å². The zero-order chi connectivity index (χ0) is 29.4. The van der Waals surface area contributed by atoms with Crippen LogP contribution in [0.1, 0.15) is 110 Å². The highest BCUT2D eigenvalue weighted by molar-refractivity contribution is 7.47. The van der Waals surface area contributed by atoms with Crippen LogP contribution in [0, 0.1) is 0 Å². The Morgan fingerprint density at radius 2 is 1.36 bits per heavy atom. The van der Waals surface area contributed by atoms with Crippen LogP contribution >= 0.6 is 7.82 Å². The number of allylic oxidation sites excluding steroid dienone is 2. The number of hydrogen-bond acceptors (Lipinski definition) is 8. The number of rotatable bonds is 26. The Hall–Kier alpha value is -1.78. The summed E-state index contributed by atoms with van der Waals surface area (Å²) >= 11 is 0. The van der Waals surface area contributed by atoms with Crippen molar-refractivity contribution in [3.63, 3.8) is 0 Å². The lowest BCUT2D eigenvalue weighted by Crippen LogP contribution is -2.43. The third kappa shape index (κ3) is 23.8. The van der Waals surface area contributed by atoms with Crippen molar-refractivity contribution in [1.29, 1.82) is 0 Å². The summed E-state index contributed by atoms with van der Waals surface area (Å²) in [6, 6.07) is -1.54. The van der Waals surface area contributed by atoms with Crippen LogP contribution in [0.4, 0.5) is 0 Å². The Morgan fingerprint density at radius 3 is 1.95 bits per heavy atom. The number of aliphatic carboxylic acids is 1. The molecule has 0 radical (unpaired) electrons. The number of carbonyl (C=O) groups excluding carboxylic acids is 2. The van der Waals surface area contributed by atoms with Crippen LogP contribution in [0.5, 0.6) is 0 Å². The number of phosphoric acid groups is 1. The van der Waals surface area contributed by atoms with Crippen molar-refractivity contribution in [2.45, 2.75) is 122 Å². The van der Waals surface area contributed by atoms with Crippen molar-refractivity contribution in [3.8, 4) is 0 Å². The second-order valence-electron chi connectivity index (χ2n) is 9.59.